The number of carbonyl (C=O) groups is 1. The first-order chi connectivity index (χ1) is 7.56. The van der Waals surface area contributed by atoms with Crippen LogP contribution in [0, 0.1) is 10.1 Å². The van der Waals surface area contributed by atoms with Crippen molar-refractivity contribution in [3.05, 3.63) is 46.5 Å². The lowest BCUT2D eigenvalue weighted by Crippen LogP contribution is -2.06. The average Bonchev–Trinajstić information content (AvgIpc) is 2.16. The van der Waals surface area contributed by atoms with Gasteiger partial charge >= 0.3 is 11.8 Å². The normalized spacial score (nSPS) is 9.50. The van der Waals surface area contributed by atoms with Gasteiger partial charge in [0.25, 0.3) is 0 Å². The highest BCUT2D eigenvalue weighted by Gasteiger charge is 2.21. The Labute approximate surface area is 90.9 Å². The van der Waals surface area contributed by atoms with Gasteiger partial charge in [-0.3, -0.25) is 10.1 Å². The maximum absolute atomic E-state index is 10.8. The number of hydrogen-bond donors (Lipinski definition) is 1. The van der Waals surface area contributed by atoms with Crippen LogP contribution in [0.5, 0.6) is 5.75 Å². The monoisotopic (exact) mass is 223 g/mol. The number of hydrogen-bond acceptors (Lipinski definition) is 4. The van der Waals surface area contributed by atoms with Gasteiger partial charge in [-0.2, -0.15) is 0 Å². The summed E-state index contributed by atoms with van der Waals surface area (Å²) < 4.78 is 4.33. The first-order valence-corrected chi connectivity index (χ1v) is 4.34. The van der Waals surface area contributed by atoms with E-state index in [2.05, 4.69) is 11.3 Å². The number of nitro benzene ring substituents is 1. The summed E-state index contributed by atoms with van der Waals surface area (Å²) in [5.41, 5.74) is 0.0172. The van der Waals surface area contributed by atoms with Crippen LogP contribution in [0.25, 0.3) is 0 Å². The van der Waals surface area contributed by atoms with Gasteiger partial charge in [0.2, 0.25) is 5.75 Å². The zero-order valence-corrected chi connectivity index (χ0v) is 8.25. The van der Waals surface area contributed by atoms with Crippen LogP contribution in [0.15, 0.2) is 30.9 Å². The molecule has 0 saturated carbocycles. The smallest absolute Gasteiger partial charge is 0.449 e. The Balaban J connectivity index is 3.25. The van der Waals surface area contributed by atoms with Crippen LogP contribution >= 0.6 is 0 Å². The third-order valence-electron chi connectivity index (χ3n) is 1.83. The molecule has 84 valence electrons. The van der Waals surface area contributed by atoms with E-state index < -0.39 is 11.1 Å². The zero-order valence-electron chi connectivity index (χ0n) is 8.25. The number of nitro groups is 1. The first kappa shape index (κ1) is 11.7. The van der Waals surface area contributed by atoms with Crippen molar-refractivity contribution in [3.63, 3.8) is 0 Å². The van der Waals surface area contributed by atoms with E-state index in [-0.39, 0.29) is 17.9 Å². The average molecular weight is 223 g/mol. The molecule has 0 bridgehead atoms. The van der Waals surface area contributed by atoms with Crippen LogP contribution in [0.3, 0.4) is 0 Å². The van der Waals surface area contributed by atoms with Crippen LogP contribution < -0.4 is 4.74 Å². The lowest BCUT2D eigenvalue weighted by Gasteiger charge is -2.04. The Morgan fingerprint density at radius 1 is 1.62 bits per heavy atom. The number of ether oxygens (including phenoxy) is 1. The van der Waals surface area contributed by atoms with E-state index >= 15 is 0 Å². The summed E-state index contributed by atoms with van der Waals surface area (Å²) in [6.45, 7) is 3.47. The van der Waals surface area contributed by atoms with E-state index in [1.807, 2.05) is 0 Å². The molecule has 0 aliphatic heterocycles. The fraction of sp³-hybridized carbons (Fsp3) is 0.100. The largest absolute Gasteiger partial charge is 0.511 e. The minimum atomic E-state index is -1.58. The van der Waals surface area contributed by atoms with Gasteiger partial charge in [-0.25, -0.2) is 4.79 Å². The molecule has 1 aromatic carbocycles. The zero-order chi connectivity index (χ0) is 12.1. The summed E-state index contributed by atoms with van der Waals surface area (Å²) >= 11 is 0. The Kier molecular flexibility index (Phi) is 3.60. The summed E-state index contributed by atoms with van der Waals surface area (Å²) in [4.78, 5) is 20.5. The molecule has 0 spiro atoms. The summed E-state index contributed by atoms with van der Waals surface area (Å²) in [5, 5.41) is 19.2. The maximum atomic E-state index is 10.8. The van der Waals surface area contributed by atoms with E-state index in [1.54, 1.807) is 0 Å². The fourth-order valence-electron chi connectivity index (χ4n) is 1.27. The standard InChI is InChI=1S/C10H9NO5/c1-2-4-7-5-3-6-8(16-10(12)13)9(7)11(14)15/h2-3,5-6H,1,4H2,(H,12,13). The first-order valence-electron chi connectivity index (χ1n) is 4.34. The Morgan fingerprint density at radius 2 is 2.31 bits per heavy atom. The van der Waals surface area contributed by atoms with E-state index in [9.17, 15) is 14.9 Å². The second kappa shape index (κ2) is 4.92. The van der Waals surface area contributed by atoms with Crippen LogP contribution in [-0.2, 0) is 6.42 Å². The second-order valence-corrected chi connectivity index (χ2v) is 2.88. The topological polar surface area (TPSA) is 89.7 Å². The third-order valence-corrected chi connectivity index (χ3v) is 1.83. The van der Waals surface area contributed by atoms with Crippen molar-refractivity contribution in [1.29, 1.82) is 0 Å². The summed E-state index contributed by atoms with van der Waals surface area (Å²) in [5.74, 6) is -0.281. The fourth-order valence-corrected chi connectivity index (χ4v) is 1.27. The molecule has 0 atom stereocenters. The van der Waals surface area contributed by atoms with Crippen molar-refractivity contribution in [2.45, 2.75) is 6.42 Å². The molecule has 1 aromatic rings. The van der Waals surface area contributed by atoms with Gasteiger partial charge < -0.3 is 9.84 Å². The molecule has 0 fully saturated rings. The Bertz CT molecular complexity index is 441. The van der Waals surface area contributed by atoms with Gasteiger partial charge in [0, 0.05) is 5.56 Å². The summed E-state index contributed by atoms with van der Waals surface area (Å²) in [6, 6.07) is 4.25. The van der Waals surface area contributed by atoms with Crippen molar-refractivity contribution in [2.24, 2.45) is 0 Å². The lowest BCUT2D eigenvalue weighted by atomic mass is 10.1. The molecule has 0 amide bonds. The molecular formula is C10H9NO5. The van der Waals surface area contributed by atoms with Crippen LogP contribution in [-0.4, -0.2) is 16.2 Å². The quantitative estimate of drug-likeness (QED) is 0.278. The summed E-state index contributed by atoms with van der Waals surface area (Å²) in [6.07, 6.45) is 0.180. The van der Waals surface area contributed by atoms with Crippen molar-refractivity contribution < 1.29 is 19.6 Å². The number of carboxylic acid groups (broad SMARTS) is 1. The minimum Gasteiger partial charge on any atom is -0.449 e. The van der Waals surface area contributed by atoms with Crippen molar-refractivity contribution in [1.82, 2.24) is 0 Å². The Hall–Kier alpha value is -2.37. The maximum Gasteiger partial charge on any atom is 0.511 e. The van der Waals surface area contributed by atoms with Gasteiger partial charge in [-0.05, 0) is 12.5 Å². The van der Waals surface area contributed by atoms with Crippen LogP contribution in [0.4, 0.5) is 10.5 Å². The highest BCUT2D eigenvalue weighted by molar-refractivity contribution is 5.65. The molecule has 1 rings (SSSR count). The molecule has 0 radical (unpaired) electrons. The molecule has 6 heteroatoms. The number of para-hydroxylation sites is 1. The molecule has 6 nitrogen and oxygen atoms in total. The van der Waals surface area contributed by atoms with Gasteiger partial charge in [-0.1, -0.05) is 18.2 Å². The van der Waals surface area contributed by atoms with Gasteiger partial charge in [0.05, 0.1) is 4.92 Å². The van der Waals surface area contributed by atoms with E-state index in [4.69, 9.17) is 5.11 Å². The van der Waals surface area contributed by atoms with Crippen LogP contribution in [0.2, 0.25) is 0 Å². The second-order valence-electron chi connectivity index (χ2n) is 2.88. The van der Waals surface area contributed by atoms with Crippen molar-refractivity contribution in [3.8, 4) is 5.75 Å². The van der Waals surface area contributed by atoms with Gasteiger partial charge in [0.1, 0.15) is 0 Å². The van der Waals surface area contributed by atoms with E-state index in [0.29, 0.717) is 5.56 Å². The number of benzene rings is 1. The molecule has 0 unspecified atom stereocenters. The summed E-state index contributed by atoms with van der Waals surface area (Å²) in [7, 11) is 0. The highest BCUT2D eigenvalue weighted by atomic mass is 16.7. The molecule has 0 aliphatic carbocycles. The number of rotatable bonds is 4. The molecule has 0 aliphatic rings. The van der Waals surface area contributed by atoms with Crippen molar-refractivity contribution >= 4 is 11.8 Å². The predicted molar refractivity (Wildman–Crippen MR) is 55.7 cm³/mol. The predicted octanol–water partition coefficient (Wildman–Crippen LogP) is 2.38. The van der Waals surface area contributed by atoms with Crippen molar-refractivity contribution in [2.75, 3.05) is 0 Å². The lowest BCUT2D eigenvalue weighted by molar-refractivity contribution is -0.386. The molecule has 1 N–H and O–H groups in total. The Morgan fingerprint density at radius 3 is 2.81 bits per heavy atom. The minimum absolute atomic E-state index is 0.271. The molecule has 16 heavy (non-hydrogen) atoms. The van der Waals surface area contributed by atoms with Crippen LogP contribution in [0.1, 0.15) is 5.56 Å². The molecule has 0 heterocycles. The van der Waals surface area contributed by atoms with E-state index in [1.165, 1.54) is 24.3 Å². The SMILES string of the molecule is C=CCc1cccc(OC(=O)O)c1[N+](=O)[O-]. The number of allylic oxidation sites excluding steroid dienone is 1. The van der Waals surface area contributed by atoms with Gasteiger partial charge in [0.15, 0.2) is 0 Å². The number of nitrogens with zero attached hydrogens (tertiary/aromatic N) is 1. The van der Waals surface area contributed by atoms with E-state index in [0.717, 1.165) is 0 Å². The molecule has 0 saturated heterocycles. The highest BCUT2D eigenvalue weighted by Crippen LogP contribution is 2.31. The third kappa shape index (κ3) is 2.57. The molecular weight excluding hydrogens is 214 g/mol. The van der Waals surface area contributed by atoms with Gasteiger partial charge in [-0.15, -0.1) is 6.58 Å². The molecule has 0 aromatic heterocycles.